The number of phenols is 1. The van der Waals surface area contributed by atoms with Crippen LogP contribution in [0.3, 0.4) is 0 Å². The van der Waals surface area contributed by atoms with E-state index in [0.717, 1.165) is 0 Å². The molecule has 0 spiro atoms. The Labute approximate surface area is 97.0 Å². The van der Waals surface area contributed by atoms with Crippen LogP contribution < -0.4 is 5.73 Å². The summed E-state index contributed by atoms with van der Waals surface area (Å²) >= 11 is 5.86. The minimum atomic E-state index is -0.733. The minimum Gasteiger partial charge on any atom is -0.506 e. The third kappa shape index (κ3) is 2.08. The molecule has 78 valence electrons. The van der Waals surface area contributed by atoms with Gasteiger partial charge in [-0.2, -0.15) is 0 Å². The molecule has 3 nitrogen and oxygen atoms in total. The smallest absolute Gasteiger partial charge is 0.155 e. The Balaban J connectivity index is 3.33. The van der Waals surface area contributed by atoms with Crippen LogP contribution in [0.1, 0.15) is 11.6 Å². The third-order valence-corrected chi connectivity index (χ3v) is 3.06. The van der Waals surface area contributed by atoms with Crippen molar-refractivity contribution in [1.82, 2.24) is 0 Å². The highest BCUT2D eigenvalue weighted by Crippen LogP contribution is 2.37. The number of hydrogen-bond donors (Lipinski definition) is 3. The first-order valence-electron chi connectivity index (χ1n) is 3.71. The SMILES string of the molecule is N[C@@H](CO)c1cc(Br)c(F)c(Br)c1O. The molecule has 0 radical (unpaired) electrons. The lowest BCUT2D eigenvalue weighted by Gasteiger charge is -2.13. The second-order valence-corrected chi connectivity index (χ2v) is 4.36. The molecule has 0 aliphatic carbocycles. The summed E-state index contributed by atoms with van der Waals surface area (Å²) in [5.74, 6) is -0.886. The van der Waals surface area contributed by atoms with Crippen molar-refractivity contribution in [1.29, 1.82) is 0 Å². The fourth-order valence-corrected chi connectivity index (χ4v) is 2.14. The summed E-state index contributed by atoms with van der Waals surface area (Å²) in [6.45, 7) is -0.321. The molecule has 0 saturated carbocycles. The zero-order valence-corrected chi connectivity index (χ0v) is 10.1. The van der Waals surface area contributed by atoms with Crippen LogP contribution >= 0.6 is 31.9 Å². The van der Waals surface area contributed by atoms with Crippen molar-refractivity contribution >= 4 is 31.9 Å². The number of aliphatic hydroxyl groups excluding tert-OH is 1. The van der Waals surface area contributed by atoms with Crippen LogP contribution in [0.15, 0.2) is 15.0 Å². The van der Waals surface area contributed by atoms with Crippen LogP contribution in [0.2, 0.25) is 0 Å². The molecule has 6 heteroatoms. The lowest BCUT2D eigenvalue weighted by atomic mass is 10.1. The van der Waals surface area contributed by atoms with Crippen LogP contribution in [-0.2, 0) is 0 Å². The van der Waals surface area contributed by atoms with E-state index in [2.05, 4.69) is 31.9 Å². The van der Waals surface area contributed by atoms with Gasteiger partial charge in [0.1, 0.15) is 5.75 Å². The van der Waals surface area contributed by atoms with Crippen molar-refractivity contribution in [3.05, 3.63) is 26.4 Å². The molecule has 1 aromatic carbocycles. The molecule has 0 unspecified atom stereocenters. The van der Waals surface area contributed by atoms with Gasteiger partial charge in [-0.25, -0.2) is 4.39 Å². The number of aliphatic hydroxyl groups is 1. The maximum atomic E-state index is 13.2. The van der Waals surface area contributed by atoms with Gasteiger partial charge < -0.3 is 15.9 Å². The molecule has 0 aromatic heterocycles. The molecule has 0 saturated heterocycles. The first-order valence-corrected chi connectivity index (χ1v) is 5.30. The summed E-state index contributed by atoms with van der Waals surface area (Å²) in [5.41, 5.74) is 5.79. The number of benzene rings is 1. The second kappa shape index (κ2) is 4.57. The Morgan fingerprint density at radius 2 is 2.07 bits per heavy atom. The van der Waals surface area contributed by atoms with Gasteiger partial charge in [-0.3, -0.25) is 0 Å². The molecule has 0 fully saturated rings. The Hall–Kier alpha value is -0.170. The molecular weight excluding hydrogens is 321 g/mol. The number of aromatic hydroxyl groups is 1. The molecule has 1 aromatic rings. The quantitative estimate of drug-likeness (QED) is 0.728. The van der Waals surface area contributed by atoms with Crippen molar-refractivity contribution < 1.29 is 14.6 Å². The highest BCUT2D eigenvalue weighted by Gasteiger charge is 2.18. The van der Waals surface area contributed by atoms with E-state index in [0.29, 0.717) is 0 Å². The average molecular weight is 329 g/mol. The lowest BCUT2D eigenvalue weighted by Crippen LogP contribution is -2.15. The predicted octanol–water partition coefficient (Wildman–Crippen LogP) is 2.05. The summed E-state index contributed by atoms with van der Waals surface area (Å²) in [6, 6.07) is 0.610. The fourth-order valence-electron chi connectivity index (χ4n) is 0.985. The lowest BCUT2D eigenvalue weighted by molar-refractivity contribution is 0.265. The molecule has 0 amide bonds. The molecular formula is C8H8Br2FNO2. The van der Waals surface area contributed by atoms with Crippen molar-refractivity contribution in [2.45, 2.75) is 6.04 Å². The van der Waals surface area contributed by atoms with Crippen LogP contribution in [0, 0.1) is 5.82 Å². The Kier molecular flexibility index (Phi) is 3.88. The highest BCUT2D eigenvalue weighted by atomic mass is 79.9. The van der Waals surface area contributed by atoms with Gasteiger partial charge in [0, 0.05) is 5.56 Å². The Bertz CT molecular complexity index is 360. The van der Waals surface area contributed by atoms with Crippen LogP contribution in [0.5, 0.6) is 5.75 Å². The van der Waals surface area contributed by atoms with E-state index in [1.807, 2.05) is 0 Å². The van der Waals surface area contributed by atoms with Crippen LogP contribution in [0.25, 0.3) is 0 Å². The van der Waals surface area contributed by atoms with E-state index in [9.17, 15) is 9.50 Å². The minimum absolute atomic E-state index is 0.0641. The van der Waals surface area contributed by atoms with Gasteiger partial charge >= 0.3 is 0 Å². The summed E-state index contributed by atoms with van der Waals surface area (Å²) < 4.78 is 13.3. The van der Waals surface area contributed by atoms with Crippen molar-refractivity contribution in [2.75, 3.05) is 6.61 Å². The molecule has 0 aliphatic rings. The van der Waals surface area contributed by atoms with Crippen LogP contribution in [-0.4, -0.2) is 16.8 Å². The maximum Gasteiger partial charge on any atom is 0.155 e. The van der Waals surface area contributed by atoms with Gasteiger partial charge in [0.05, 0.1) is 21.6 Å². The Morgan fingerprint density at radius 3 is 2.57 bits per heavy atom. The number of hydrogen-bond acceptors (Lipinski definition) is 3. The summed E-state index contributed by atoms with van der Waals surface area (Å²) in [4.78, 5) is 0. The number of nitrogens with two attached hydrogens (primary N) is 1. The van der Waals surface area contributed by atoms with E-state index >= 15 is 0 Å². The topological polar surface area (TPSA) is 66.5 Å². The normalized spacial score (nSPS) is 12.9. The van der Waals surface area contributed by atoms with Gasteiger partial charge in [0.15, 0.2) is 5.82 Å². The largest absolute Gasteiger partial charge is 0.506 e. The molecule has 0 aliphatic heterocycles. The molecule has 1 rings (SSSR count). The summed E-state index contributed by atoms with van der Waals surface area (Å²) in [7, 11) is 0. The average Bonchev–Trinajstić information content (AvgIpc) is 2.19. The molecule has 14 heavy (non-hydrogen) atoms. The maximum absolute atomic E-state index is 13.2. The van der Waals surface area contributed by atoms with Crippen molar-refractivity contribution in [2.24, 2.45) is 5.73 Å². The van der Waals surface area contributed by atoms with Gasteiger partial charge in [-0.1, -0.05) is 0 Å². The molecule has 1 atom stereocenters. The Morgan fingerprint density at radius 1 is 1.50 bits per heavy atom. The standard InChI is InChI=1S/C8H8Br2FNO2/c9-4-1-3(5(12)2-13)8(14)6(10)7(4)11/h1,5,13-14H,2,12H2/t5-/m0/s1. The first-order chi connectivity index (χ1) is 6.49. The van der Waals surface area contributed by atoms with E-state index in [1.54, 1.807) is 0 Å². The van der Waals surface area contributed by atoms with E-state index in [1.165, 1.54) is 6.07 Å². The summed E-state index contributed by atoms with van der Waals surface area (Å²) in [6.07, 6.45) is 0. The zero-order valence-electron chi connectivity index (χ0n) is 6.97. The first kappa shape index (κ1) is 11.9. The van der Waals surface area contributed by atoms with Gasteiger partial charge in [0.2, 0.25) is 0 Å². The number of rotatable bonds is 2. The predicted molar refractivity (Wildman–Crippen MR) is 57.5 cm³/mol. The number of halogens is 3. The monoisotopic (exact) mass is 327 g/mol. The van der Waals surface area contributed by atoms with Gasteiger partial charge in [0.25, 0.3) is 0 Å². The fraction of sp³-hybridized carbons (Fsp3) is 0.250. The van der Waals surface area contributed by atoms with E-state index in [4.69, 9.17) is 10.8 Å². The molecule has 4 N–H and O–H groups in total. The van der Waals surface area contributed by atoms with Crippen molar-refractivity contribution in [3.63, 3.8) is 0 Å². The van der Waals surface area contributed by atoms with Gasteiger partial charge in [-0.15, -0.1) is 0 Å². The van der Waals surface area contributed by atoms with E-state index in [-0.39, 0.29) is 26.9 Å². The third-order valence-electron chi connectivity index (χ3n) is 1.76. The number of phenolic OH excluding ortho intramolecular Hbond substituents is 1. The van der Waals surface area contributed by atoms with Gasteiger partial charge in [-0.05, 0) is 37.9 Å². The highest BCUT2D eigenvalue weighted by molar-refractivity contribution is 9.11. The van der Waals surface area contributed by atoms with E-state index < -0.39 is 11.9 Å². The van der Waals surface area contributed by atoms with Crippen LogP contribution in [0.4, 0.5) is 4.39 Å². The molecule has 0 heterocycles. The molecule has 0 bridgehead atoms. The summed E-state index contributed by atoms with van der Waals surface area (Å²) in [5, 5.41) is 18.3. The second-order valence-electron chi connectivity index (χ2n) is 2.71. The van der Waals surface area contributed by atoms with Crippen molar-refractivity contribution in [3.8, 4) is 5.75 Å². The zero-order chi connectivity index (χ0) is 10.9.